The van der Waals surface area contributed by atoms with Crippen LogP contribution < -0.4 is 10.1 Å². The van der Waals surface area contributed by atoms with Crippen LogP contribution in [-0.2, 0) is 25.5 Å². The number of esters is 2. The standard InChI is InChI=1S/C52H62ClFN2O8/c1-36(2)56-46-15-11-10-14-45(46)49(38-20-24-41(54)25-21-38)47(56)29-26-42(57)34-43(58)35-48(59)62-32-12-8-6-5-7-9-13-33-63-51(61)52(3,4)64-44-27-16-37(17-28-44)30-31-55-50(60)39-18-22-40(53)23-19-39/h10-11,14-29,36,42-43,57-58H,5-9,12-13,30-35H2,1-4H3,(H,55,60)/b29-26+/t42-,43-/m1/s1. The number of para-hydroxylation sites is 1. The zero-order valence-corrected chi connectivity index (χ0v) is 38.1. The Morgan fingerprint density at radius 3 is 2.09 bits per heavy atom. The van der Waals surface area contributed by atoms with Gasteiger partial charge in [-0.2, -0.15) is 0 Å². The Hall–Kier alpha value is -5.49. The van der Waals surface area contributed by atoms with Crippen molar-refractivity contribution in [1.29, 1.82) is 0 Å². The summed E-state index contributed by atoms with van der Waals surface area (Å²) in [6.45, 7) is 8.57. The smallest absolute Gasteiger partial charge is 0.349 e. The van der Waals surface area contributed by atoms with Gasteiger partial charge in [-0.25, -0.2) is 9.18 Å². The third-order valence-electron chi connectivity index (χ3n) is 10.9. The van der Waals surface area contributed by atoms with E-state index in [0.717, 1.165) is 71.8 Å². The fourth-order valence-corrected chi connectivity index (χ4v) is 7.64. The van der Waals surface area contributed by atoms with Crippen LogP contribution in [0.25, 0.3) is 28.1 Å². The van der Waals surface area contributed by atoms with E-state index in [4.69, 9.17) is 25.8 Å². The summed E-state index contributed by atoms with van der Waals surface area (Å²) in [5.74, 6) is -0.874. The van der Waals surface area contributed by atoms with Crippen LogP contribution in [0.5, 0.6) is 5.75 Å². The molecule has 10 nitrogen and oxygen atoms in total. The molecule has 64 heavy (non-hydrogen) atoms. The molecule has 1 heterocycles. The van der Waals surface area contributed by atoms with Gasteiger partial charge in [0.25, 0.3) is 5.91 Å². The molecule has 3 N–H and O–H groups in total. The van der Waals surface area contributed by atoms with Gasteiger partial charge in [0.15, 0.2) is 5.60 Å². The molecule has 0 radical (unpaired) electrons. The topological polar surface area (TPSA) is 136 Å². The minimum absolute atomic E-state index is 0.0304. The largest absolute Gasteiger partial charge is 0.476 e. The van der Waals surface area contributed by atoms with E-state index in [1.807, 2.05) is 42.5 Å². The first-order valence-electron chi connectivity index (χ1n) is 22.3. The highest BCUT2D eigenvalue weighted by Crippen LogP contribution is 2.38. The Kier molecular flexibility index (Phi) is 19.0. The van der Waals surface area contributed by atoms with Crippen LogP contribution in [0.1, 0.15) is 113 Å². The number of aromatic nitrogens is 1. The van der Waals surface area contributed by atoms with Crippen molar-refractivity contribution >= 4 is 46.4 Å². The average molecular weight is 898 g/mol. The molecule has 5 rings (SSSR count). The molecule has 0 aliphatic rings. The number of aliphatic hydroxyl groups is 2. The molecule has 0 unspecified atom stereocenters. The van der Waals surface area contributed by atoms with Crippen molar-refractivity contribution in [2.45, 2.75) is 116 Å². The number of hydrogen-bond donors (Lipinski definition) is 3. The fourth-order valence-electron chi connectivity index (χ4n) is 7.51. The number of fused-ring (bicyclic) bond motifs is 1. The SMILES string of the molecule is CC(C)n1c(/C=C/[C@@H](O)C[C@@H](O)CC(=O)OCCCCCCCCCOC(=O)C(C)(C)Oc2ccc(CCNC(=O)c3ccc(Cl)cc3)cc2)c(-c2ccc(F)cc2)c2ccccc21. The van der Waals surface area contributed by atoms with Crippen molar-refractivity contribution in [3.63, 3.8) is 0 Å². The second-order valence-electron chi connectivity index (χ2n) is 16.9. The number of carbonyl (C=O) groups excluding carboxylic acids is 3. The molecule has 1 aromatic heterocycles. The van der Waals surface area contributed by atoms with Gasteiger partial charge in [0.1, 0.15) is 11.6 Å². The highest BCUT2D eigenvalue weighted by Gasteiger charge is 2.32. The quantitative estimate of drug-likeness (QED) is 0.0389. The van der Waals surface area contributed by atoms with Crippen LogP contribution in [0, 0.1) is 5.82 Å². The van der Waals surface area contributed by atoms with E-state index in [9.17, 15) is 29.0 Å². The number of ether oxygens (including phenoxy) is 3. The maximum Gasteiger partial charge on any atom is 0.349 e. The van der Waals surface area contributed by atoms with Crippen LogP contribution in [0.3, 0.4) is 0 Å². The normalized spacial score (nSPS) is 12.7. The lowest BCUT2D eigenvalue weighted by atomic mass is 10.0. The first-order chi connectivity index (χ1) is 30.7. The Morgan fingerprint density at radius 1 is 0.812 bits per heavy atom. The first kappa shape index (κ1) is 49.5. The van der Waals surface area contributed by atoms with E-state index >= 15 is 0 Å². The van der Waals surface area contributed by atoms with Crippen molar-refractivity contribution < 1.29 is 43.2 Å². The molecule has 0 spiro atoms. The molecule has 0 saturated heterocycles. The molecule has 2 atom stereocenters. The van der Waals surface area contributed by atoms with Gasteiger partial charge in [-0.15, -0.1) is 0 Å². The number of halogens is 2. The lowest BCUT2D eigenvalue weighted by Gasteiger charge is -2.24. The molecule has 0 aliphatic heterocycles. The van der Waals surface area contributed by atoms with Gasteiger partial charge in [0.05, 0.1) is 31.8 Å². The molecule has 12 heteroatoms. The summed E-state index contributed by atoms with van der Waals surface area (Å²) in [6, 6.07) is 28.6. The molecule has 0 saturated carbocycles. The molecule has 342 valence electrons. The molecular weight excluding hydrogens is 835 g/mol. The Balaban J connectivity index is 0.905. The van der Waals surface area contributed by atoms with Gasteiger partial charge in [-0.05, 0) is 119 Å². The van der Waals surface area contributed by atoms with Crippen molar-refractivity contribution in [1.82, 2.24) is 9.88 Å². The molecule has 5 aromatic rings. The maximum atomic E-state index is 13.8. The summed E-state index contributed by atoms with van der Waals surface area (Å²) < 4.78 is 32.8. The predicted molar refractivity (Wildman–Crippen MR) is 251 cm³/mol. The third kappa shape index (κ3) is 15.1. The molecule has 0 fully saturated rings. The molecular formula is C52H62ClFN2O8. The van der Waals surface area contributed by atoms with Crippen molar-refractivity contribution in [2.24, 2.45) is 0 Å². The van der Waals surface area contributed by atoms with Crippen molar-refractivity contribution in [3.05, 3.63) is 131 Å². The monoisotopic (exact) mass is 896 g/mol. The zero-order valence-electron chi connectivity index (χ0n) is 37.4. The van der Waals surface area contributed by atoms with Crippen LogP contribution >= 0.6 is 11.6 Å². The first-order valence-corrected chi connectivity index (χ1v) is 22.7. The lowest BCUT2D eigenvalue weighted by molar-refractivity contribution is -0.159. The number of unbranched alkanes of at least 4 members (excludes halogenated alkanes) is 6. The predicted octanol–water partition coefficient (Wildman–Crippen LogP) is 10.8. The van der Waals surface area contributed by atoms with Crippen LogP contribution in [0.4, 0.5) is 4.39 Å². The highest BCUT2D eigenvalue weighted by atomic mass is 35.5. The van der Waals surface area contributed by atoms with E-state index in [1.54, 1.807) is 68.5 Å². The van der Waals surface area contributed by atoms with Gasteiger partial charge in [-0.3, -0.25) is 9.59 Å². The highest BCUT2D eigenvalue weighted by molar-refractivity contribution is 6.30. The Labute approximate surface area is 381 Å². The summed E-state index contributed by atoms with van der Waals surface area (Å²) in [5.41, 5.74) is 4.06. The molecule has 4 aromatic carbocycles. The molecule has 0 bridgehead atoms. The second-order valence-corrected chi connectivity index (χ2v) is 17.3. The Bertz CT molecular complexity index is 2290. The third-order valence-corrected chi connectivity index (χ3v) is 11.1. The second kappa shape index (κ2) is 24.5. The minimum atomic E-state index is -1.16. The van der Waals surface area contributed by atoms with Crippen LogP contribution in [0.15, 0.2) is 103 Å². The summed E-state index contributed by atoms with van der Waals surface area (Å²) in [6.07, 6.45) is 8.03. The zero-order chi connectivity index (χ0) is 46.1. The van der Waals surface area contributed by atoms with E-state index in [-0.39, 0.29) is 37.2 Å². The number of rotatable bonds is 25. The summed E-state index contributed by atoms with van der Waals surface area (Å²) in [5, 5.41) is 25.9. The Morgan fingerprint density at radius 2 is 1.44 bits per heavy atom. The summed E-state index contributed by atoms with van der Waals surface area (Å²) in [7, 11) is 0. The van der Waals surface area contributed by atoms with Gasteiger partial charge in [0, 0.05) is 51.8 Å². The maximum absolute atomic E-state index is 13.8. The number of amides is 1. The van der Waals surface area contributed by atoms with E-state index in [0.29, 0.717) is 42.3 Å². The van der Waals surface area contributed by atoms with Crippen molar-refractivity contribution in [3.8, 4) is 16.9 Å². The lowest BCUT2D eigenvalue weighted by Crippen LogP contribution is -2.39. The minimum Gasteiger partial charge on any atom is -0.476 e. The number of nitrogens with zero attached hydrogens (tertiary/aromatic N) is 1. The molecule has 0 aliphatic carbocycles. The van der Waals surface area contributed by atoms with Gasteiger partial charge in [-0.1, -0.05) is 92.2 Å². The number of benzene rings is 4. The molecule has 1 amide bonds. The van der Waals surface area contributed by atoms with Gasteiger partial charge >= 0.3 is 11.9 Å². The summed E-state index contributed by atoms with van der Waals surface area (Å²) >= 11 is 5.89. The fraction of sp³-hybridized carbons (Fsp3) is 0.404. The summed E-state index contributed by atoms with van der Waals surface area (Å²) in [4.78, 5) is 37.5. The number of hydrogen-bond acceptors (Lipinski definition) is 8. The number of carbonyl (C=O) groups is 3. The van der Waals surface area contributed by atoms with E-state index in [2.05, 4.69) is 23.7 Å². The van der Waals surface area contributed by atoms with Crippen LogP contribution in [0.2, 0.25) is 5.02 Å². The van der Waals surface area contributed by atoms with E-state index < -0.39 is 29.7 Å². The number of aliphatic hydroxyl groups excluding tert-OH is 2. The van der Waals surface area contributed by atoms with Crippen molar-refractivity contribution in [2.75, 3.05) is 19.8 Å². The van der Waals surface area contributed by atoms with Crippen LogP contribution in [-0.4, -0.2) is 70.2 Å². The number of nitrogens with one attached hydrogen (secondary N) is 1. The van der Waals surface area contributed by atoms with Gasteiger partial charge in [0.2, 0.25) is 0 Å². The van der Waals surface area contributed by atoms with Gasteiger partial charge < -0.3 is 34.3 Å². The van der Waals surface area contributed by atoms with E-state index in [1.165, 1.54) is 12.1 Å². The average Bonchev–Trinajstić information content (AvgIpc) is 3.60.